The van der Waals surface area contributed by atoms with E-state index in [2.05, 4.69) is 25.7 Å². The number of carbonyl (C=O) groups excluding carboxylic acids is 1. The van der Waals surface area contributed by atoms with Gasteiger partial charge in [0.15, 0.2) is 0 Å². The summed E-state index contributed by atoms with van der Waals surface area (Å²) >= 11 is 6.35. The third kappa shape index (κ3) is 5.49. The third-order valence-electron chi connectivity index (χ3n) is 5.69. The largest absolute Gasteiger partial charge is 0.353 e. The van der Waals surface area contributed by atoms with Crippen LogP contribution in [-0.2, 0) is 19.3 Å². The standard InChI is InChI=1S/C24H33ClFN5O/c1-6-21-18(15-17-19(25)8-7-9-20(17)26)23(28-22(27-21)14-16(2)3)30-10-12-31(13-11-30)24(32)29(4)5/h7-9,16H,6,10-15H2,1-5H3. The maximum atomic E-state index is 14.6. The molecule has 2 heterocycles. The molecule has 0 bridgehead atoms. The van der Waals surface area contributed by atoms with Crippen molar-refractivity contribution in [3.05, 3.63) is 51.7 Å². The summed E-state index contributed by atoms with van der Waals surface area (Å²) in [6.07, 6.45) is 1.84. The number of carbonyl (C=O) groups is 1. The predicted molar refractivity (Wildman–Crippen MR) is 127 cm³/mol. The number of piperazine rings is 1. The Labute approximate surface area is 195 Å². The number of hydrogen-bond acceptors (Lipinski definition) is 4. The average Bonchev–Trinajstić information content (AvgIpc) is 2.75. The maximum absolute atomic E-state index is 14.6. The number of amides is 2. The number of benzene rings is 1. The van der Waals surface area contributed by atoms with Gasteiger partial charge in [0.2, 0.25) is 0 Å². The van der Waals surface area contributed by atoms with Crippen LogP contribution in [-0.4, -0.2) is 66.1 Å². The van der Waals surface area contributed by atoms with Crippen LogP contribution in [0, 0.1) is 11.7 Å². The fourth-order valence-electron chi connectivity index (χ4n) is 4.03. The number of hydrogen-bond donors (Lipinski definition) is 0. The smallest absolute Gasteiger partial charge is 0.319 e. The molecule has 0 aliphatic carbocycles. The Balaban J connectivity index is 1.99. The Morgan fingerprint density at radius 2 is 1.84 bits per heavy atom. The number of anilines is 1. The molecule has 0 N–H and O–H groups in total. The van der Waals surface area contributed by atoms with E-state index in [9.17, 15) is 9.18 Å². The SMILES string of the molecule is CCc1nc(CC(C)C)nc(N2CCN(C(=O)N(C)C)CC2)c1Cc1c(F)cccc1Cl. The van der Waals surface area contributed by atoms with Gasteiger partial charge < -0.3 is 14.7 Å². The zero-order valence-corrected chi connectivity index (χ0v) is 20.4. The van der Waals surface area contributed by atoms with E-state index >= 15 is 0 Å². The van der Waals surface area contributed by atoms with Crippen LogP contribution in [0.15, 0.2) is 18.2 Å². The molecule has 1 aromatic heterocycles. The average molecular weight is 462 g/mol. The molecule has 0 radical (unpaired) electrons. The molecule has 0 spiro atoms. The van der Waals surface area contributed by atoms with Gasteiger partial charge in [-0.15, -0.1) is 0 Å². The summed E-state index contributed by atoms with van der Waals surface area (Å²) in [5.74, 6) is 1.75. The molecular formula is C24H33ClFN5O. The molecule has 3 rings (SSSR count). The Hall–Kier alpha value is -2.41. The van der Waals surface area contributed by atoms with Gasteiger partial charge in [0.05, 0.1) is 0 Å². The number of aromatic nitrogens is 2. The van der Waals surface area contributed by atoms with Crippen molar-refractivity contribution in [1.29, 1.82) is 0 Å². The monoisotopic (exact) mass is 461 g/mol. The summed E-state index contributed by atoms with van der Waals surface area (Å²) in [4.78, 5) is 27.8. The van der Waals surface area contributed by atoms with E-state index in [1.165, 1.54) is 6.07 Å². The Morgan fingerprint density at radius 1 is 1.16 bits per heavy atom. The minimum absolute atomic E-state index is 0.0143. The van der Waals surface area contributed by atoms with Crippen LogP contribution in [0.1, 0.15) is 43.4 Å². The lowest BCUT2D eigenvalue weighted by Gasteiger charge is -2.37. The molecule has 1 aliphatic rings. The zero-order valence-electron chi connectivity index (χ0n) is 19.7. The topological polar surface area (TPSA) is 52.6 Å². The van der Waals surface area contributed by atoms with Crippen molar-refractivity contribution in [2.45, 2.75) is 40.0 Å². The van der Waals surface area contributed by atoms with E-state index in [-0.39, 0.29) is 11.8 Å². The lowest BCUT2D eigenvalue weighted by molar-refractivity contribution is 0.168. The second-order valence-corrected chi connectivity index (χ2v) is 9.28. The molecule has 8 heteroatoms. The summed E-state index contributed by atoms with van der Waals surface area (Å²) in [6.45, 7) is 8.91. The van der Waals surface area contributed by atoms with Gasteiger partial charge in [-0.3, -0.25) is 0 Å². The minimum atomic E-state index is -0.321. The lowest BCUT2D eigenvalue weighted by Crippen LogP contribution is -2.52. The van der Waals surface area contributed by atoms with Crippen molar-refractivity contribution >= 4 is 23.4 Å². The van der Waals surface area contributed by atoms with Crippen LogP contribution >= 0.6 is 11.6 Å². The van der Waals surface area contributed by atoms with E-state index in [0.29, 0.717) is 49.1 Å². The Morgan fingerprint density at radius 3 is 2.41 bits per heavy atom. The Bertz CT molecular complexity index is 937. The highest BCUT2D eigenvalue weighted by Crippen LogP contribution is 2.30. The van der Waals surface area contributed by atoms with E-state index in [1.807, 2.05) is 4.90 Å². The van der Waals surface area contributed by atoms with Crippen LogP contribution in [0.25, 0.3) is 0 Å². The van der Waals surface area contributed by atoms with Crippen molar-refractivity contribution in [2.24, 2.45) is 5.92 Å². The van der Waals surface area contributed by atoms with Crippen molar-refractivity contribution in [3.63, 3.8) is 0 Å². The number of nitrogens with zero attached hydrogens (tertiary/aromatic N) is 5. The maximum Gasteiger partial charge on any atom is 0.319 e. The molecule has 174 valence electrons. The van der Waals surface area contributed by atoms with Crippen LogP contribution in [0.5, 0.6) is 0 Å². The van der Waals surface area contributed by atoms with Crippen molar-refractivity contribution in [1.82, 2.24) is 19.8 Å². The van der Waals surface area contributed by atoms with E-state index < -0.39 is 0 Å². The highest BCUT2D eigenvalue weighted by atomic mass is 35.5. The molecule has 32 heavy (non-hydrogen) atoms. The summed E-state index contributed by atoms with van der Waals surface area (Å²) in [5.41, 5.74) is 2.31. The van der Waals surface area contributed by atoms with Crippen molar-refractivity contribution < 1.29 is 9.18 Å². The van der Waals surface area contributed by atoms with Gasteiger partial charge in [0.1, 0.15) is 17.5 Å². The molecule has 1 aromatic carbocycles. The van der Waals surface area contributed by atoms with Crippen LogP contribution in [0.2, 0.25) is 5.02 Å². The highest BCUT2D eigenvalue weighted by Gasteiger charge is 2.27. The quantitative estimate of drug-likeness (QED) is 0.638. The fourth-order valence-corrected chi connectivity index (χ4v) is 4.26. The highest BCUT2D eigenvalue weighted by molar-refractivity contribution is 6.31. The first kappa shape index (κ1) is 24.2. The summed E-state index contributed by atoms with van der Waals surface area (Å²) in [5, 5.41) is 0.408. The molecule has 1 saturated heterocycles. The molecule has 0 saturated carbocycles. The van der Waals surface area contributed by atoms with Gasteiger partial charge in [0.25, 0.3) is 0 Å². The van der Waals surface area contributed by atoms with E-state index in [4.69, 9.17) is 21.6 Å². The predicted octanol–water partition coefficient (Wildman–Crippen LogP) is 4.42. The molecule has 6 nitrogen and oxygen atoms in total. The molecule has 0 atom stereocenters. The number of urea groups is 1. The lowest BCUT2D eigenvalue weighted by atomic mass is 10.0. The van der Waals surface area contributed by atoms with Gasteiger partial charge in [-0.1, -0.05) is 38.4 Å². The fraction of sp³-hybridized carbons (Fsp3) is 0.542. The van der Waals surface area contributed by atoms with Crippen molar-refractivity contribution in [2.75, 3.05) is 45.2 Å². The van der Waals surface area contributed by atoms with Crippen LogP contribution < -0.4 is 4.90 Å². The van der Waals surface area contributed by atoms with E-state index in [0.717, 1.165) is 35.7 Å². The van der Waals surface area contributed by atoms with E-state index in [1.54, 1.807) is 31.1 Å². The number of halogens is 2. The molecule has 1 fully saturated rings. The Kier molecular flexibility index (Phi) is 7.93. The number of rotatable bonds is 6. The zero-order chi connectivity index (χ0) is 23.4. The second kappa shape index (κ2) is 10.5. The first-order valence-electron chi connectivity index (χ1n) is 11.2. The first-order chi connectivity index (χ1) is 15.2. The second-order valence-electron chi connectivity index (χ2n) is 8.87. The first-order valence-corrected chi connectivity index (χ1v) is 11.6. The molecule has 2 aromatic rings. The molecule has 0 unspecified atom stereocenters. The van der Waals surface area contributed by atoms with Gasteiger partial charge in [-0.05, 0) is 24.5 Å². The van der Waals surface area contributed by atoms with Crippen LogP contribution in [0.4, 0.5) is 15.0 Å². The summed E-state index contributed by atoms with van der Waals surface area (Å²) in [7, 11) is 3.53. The number of aryl methyl sites for hydroxylation is 1. The minimum Gasteiger partial charge on any atom is -0.353 e. The normalized spacial score (nSPS) is 14.2. The van der Waals surface area contributed by atoms with Crippen molar-refractivity contribution in [3.8, 4) is 0 Å². The molecule has 2 amide bonds. The van der Waals surface area contributed by atoms with Crippen LogP contribution in [0.3, 0.4) is 0 Å². The molecular weight excluding hydrogens is 429 g/mol. The summed E-state index contributed by atoms with van der Waals surface area (Å²) < 4.78 is 14.6. The van der Waals surface area contributed by atoms with Gasteiger partial charge in [-0.25, -0.2) is 19.2 Å². The van der Waals surface area contributed by atoms with Gasteiger partial charge in [-0.2, -0.15) is 0 Å². The van der Waals surface area contributed by atoms with Gasteiger partial charge in [0, 0.05) is 75.0 Å². The van der Waals surface area contributed by atoms with Gasteiger partial charge >= 0.3 is 6.03 Å². The third-order valence-corrected chi connectivity index (χ3v) is 6.04. The molecule has 1 aliphatic heterocycles. The summed E-state index contributed by atoms with van der Waals surface area (Å²) in [6, 6.07) is 4.78.